The van der Waals surface area contributed by atoms with Crippen molar-refractivity contribution >= 4 is 89.6 Å². The first-order valence-corrected chi connectivity index (χ1v) is 26.9. The van der Waals surface area contributed by atoms with E-state index in [4.69, 9.17) is 4.42 Å². The molecule has 0 saturated carbocycles. The number of hydrogen-bond acceptors (Lipinski definition) is 2. The van der Waals surface area contributed by atoms with Crippen molar-refractivity contribution < 1.29 is 4.42 Å². The van der Waals surface area contributed by atoms with E-state index in [1.54, 1.807) is 0 Å². The molecule has 0 unspecified atom stereocenters. The summed E-state index contributed by atoms with van der Waals surface area (Å²) in [4.78, 5) is 2.50. The highest BCUT2D eigenvalue weighted by Gasteiger charge is 2.48. The standard InChI is InChI=1S/C68H74BN3O/c1-63(2,3)39-24-27-45(28-25-39)71-55-38-43(67(13,14)15)33-48-49-34-41(65(7,8)9)35-50-56-54(31-29-46-47-32-40(64(4,5)6)26-30-53(47)70(60(46)56)44-22-20-19-21-23-44)72(59(49)50)69(57(48)55)58-51-36-42(66(10,11)12)37-52(68(16,17)18)61(51)73-62(58)71/h19-38H,1-18H3. The number of fused-ring (bicyclic) bond motifs is 13. The van der Waals surface area contributed by atoms with Crippen molar-refractivity contribution in [3.05, 3.63) is 155 Å². The van der Waals surface area contributed by atoms with Crippen LogP contribution in [0.15, 0.2) is 126 Å². The van der Waals surface area contributed by atoms with Gasteiger partial charge in [0.05, 0.1) is 11.0 Å². The Morgan fingerprint density at radius 2 is 0.945 bits per heavy atom. The van der Waals surface area contributed by atoms with Crippen molar-refractivity contribution in [1.82, 2.24) is 9.05 Å². The van der Waals surface area contributed by atoms with Crippen LogP contribution in [0.1, 0.15) is 158 Å². The molecule has 5 heterocycles. The minimum absolute atomic E-state index is 0.00553. The van der Waals surface area contributed by atoms with Crippen molar-refractivity contribution in [2.75, 3.05) is 4.90 Å². The van der Waals surface area contributed by atoms with Crippen LogP contribution in [-0.2, 0) is 32.5 Å². The average Bonchev–Trinajstić information content (AvgIpc) is 3.96. The molecule has 0 atom stereocenters. The highest BCUT2D eigenvalue weighted by Crippen LogP contribution is 2.52. The summed E-state index contributed by atoms with van der Waals surface area (Å²) in [6.07, 6.45) is 0. The molecule has 10 aromatic rings. The third-order valence-electron chi connectivity index (χ3n) is 16.6. The van der Waals surface area contributed by atoms with Crippen LogP contribution in [-0.4, -0.2) is 15.9 Å². The largest absolute Gasteiger partial charge is 0.440 e. The monoisotopic (exact) mass is 960 g/mol. The first-order valence-electron chi connectivity index (χ1n) is 26.9. The minimum Gasteiger partial charge on any atom is -0.440 e. The van der Waals surface area contributed by atoms with Crippen molar-refractivity contribution in [3.8, 4) is 16.8 Å². The fourth-order valence-corrected chi connectivity index (χ4v) is 12.3. The number of hydrogen-bond donors (Lipinski definition) is 0. The second kappa shape index (κ2) is 15.1. The van der Waals surface area contributed by atoms with Crippen LogP contribution in [0.5, 0.6) is 0 Å². The average molecular weight is 960 g/mol. The van der Waals surface area contributed by atoms with Gasteiger partial charge in [-0.3, -0.25) is 4.90 Å². The second-order valence-corrected chi connectivity index (χ2v) is 28.0. The summed E-state index contributed by atoms with van der Waals surface area (Å²) in [5.41, 5.74) is 21.9. The van der Waals surface area contributed by atoms with Gasteiger partial charge < -0.3 is 13.5 Å². The molecule has 5 heteroatoms. The summed E-state index contributed by atoms with van der Waals surface area (Å²) in [5.74, 6) is 0.906. The second-order valence-electron chi connectivity index (χ2n) is 28.0. The highest BCUT2D eigenvalue weighted by atomic mass is 16.4. The molecule has 7 aromatic carbocycles. The van der Waals surface area contributed by atoms with Gasteiger partial charge in [-0.2, -0.15) is 0 Å². The molecular formula is C68H74BN3O. The number of para-hydroxylation sites is 1. The van der Waals surface area contributed by atoms with Crippen LogP contribution >= 0.6 is 0 Å². The zero-order valence-corrected chi connectivity index (χ0v) is 46.9. The molecule has 0 fully saturated rings. The van der Waals surface area contributed by atoms with E-state index < -0.39 is 0 Å². The fraction of sp³-hybridized carbons (Fsp3) is 0.353. The van der Waals surface area contributed by atoms with Gasteiger partial charge in [0.25, 0.3) is 0 Å². The van der Waals surface area contributed by atoms with Crippen molar-refractivity contribution in [2.24, 2.45) is 0 Å². The first-order chi connectivity index (χ1) is 34.0. The lowest BCUT2D eigenvalue weighted by molar-refractivity contribution is 0.552. The van der Waals surface area contributed by atoms with Crippen LogP contribution in [0.4, 0.5) is 17.3 Å². The maximum absolute atomic E-state index is 7.73. The lowest BCUT2D eigenvalue weighted by Crippen LogP contribution is -2.56. The lowest BCUT2D eigenvalue weighted by atomic mass is 9.45. The number of aromatic nitrogens is 2. The number of anilines is 3. The van der Waals surface area contributed by atoms with Gasteiger partial charge in [-0.25, -0.2) is 0 Å². The number of rotatable bonds is 2. The quantitative estimate of drug-likeness (QED) is 0.161. The van der Waals surface area contributed by atoms with Crippen LogP contribution < -0.4 is 15.8 Å². The summed E-state index contributed by atoms with van der Waals surface area (Å²) in [5, 5.41) is 6.36. The zero-order chi connectivity index (χ0) is 52.0. The van der Waals surface area contributed by atoms with Gasteiger partial charge in [0.1, 0.15) is 5.58 Å². The normalized spacial score (nSPS) is 14.4. The van der Waals surface area contributed by atoms with E-state index in [0.717, 1.165) is 17.2 Å². The Kier molecular flexibility index (Phi) is 9.82. The number of furan rings is 1. The maximum Gasteiger partial charge on any atom is 0.337 e. The summed E-state index contributed by atoms with van der Waals surface area (Å²) < 4.78 is 13.1. The molecule has 370 valence electrons. The minimum atomic E-state index is -0.198. The lowest BCUT2D eigenvalue weighted by Gasteiger charge is -2.39. The first kappa shape index (κ1) is 47.5. The summed E-state index contributed by atoms with van der Waals surface area (Å²) >= 11 is 0. The Hall–Kier alpha value is -6.46. The van der Waals surface area contributed by atoms with Gasteiger partial charge in [0, 0.05) is 71.6 Å². The molecule has 2 aliphatic heterocycles. The highest BCUT2D eigenvalue weighted by molar-refractivity contribution is 6.91. The molecule has 0 amide bonds. The van der Waals surface area contributed by atoms with Crippen molar-refractivity contribution in [3.63, 3.8) is 0 Å². The van der Waals surface area contributed by atoms with Gasteiger partial charge in [-0.1, -0.05) is 179 Å². The third kappa shape index (κ3) is 7.07. The van der Waals surface area contributed by atoms with Gasteiger partial charge >= 0.3 is 6.85 Å². The molecule has 3 aromatic heterocycles. The molecule has 4 nitrogen and oxygen atoms in total. The van der Waals surface area contributed by atoms with E-state index in [2.05, 4.69) is 260 Å². The fourth-order valence-electron chi connectivity index (χ4n) is 12.3. The molecule has 12 rings (SSSR count). The van der Waals surface area contributed by atoms with Gasteiger partial charge in [-0.05, 0) is 138 Å². The number of nitrogens with zero attached hydrogens (tertiary/aromatic N) is 3. The Morgan fingerprint density at radius 1 is 0.397 bits per heavy atom. The van der Waals surface area contributed by atoms with Crippen LogP contribution in [0.2, 0.25) is 0 Å². The van der Waals surface area contributed by atoms with Gasteiger partial charge in [0.2, 0.25) is 5.88 Å². The molecule has 2 aliphatic rings. The third-order valence-corrected chi connectivity index (χ3v) is 16.6. The smallest absolute Gasteiger partial charge is 0.337 e. The molecule has 0 radical (unpaired) electrons. The summed E-state index contributed by atoms with van der Waals surface area (Å²) in [6.45, 7) is 42.0. The van der Waals surface area contributed by atoms with Crippen molar-refractivity contribution in [2.45, 2.75) is 157 Å². The van der Waals surface area contributed by atoms with Gasteiger partial charge in [-0.15, -0.1) is 0 Å². The number of benzene rings is 7. The maximum atomic E-state index is 7.73. The van der Waals surface area contributed by atoms with Crippen molar-refractivity contribution in [1.29, 1.82) is 0 Å². The van der Waals surface area contributed by atoms with Crippen LogP contribution in [0.25, 0.3) is 71.4 Å². The Balaban J connectivity index is 1.33. The zero-order valence-electron chi connectivity index (χ0n) is 46.9. The SMILES string of the molecule is CC(C)(C)c1ccc(N2c3cc(C(C)(C)C)cc4c3B(c3c2oc2c(C(C)(C)C)cc(C(C)(C)C)cc32)n2c3ccc5c6cc(C(C)(C)C)ccc6n(-c6ccccc6)c5c3c3cc(C(C)(C)C)cc-4c32)cc1. The van der Waals surface area contributed by atoms with E-state index in [-0.39, 0.29) is 39.3 Å². The Labute approximate surface area is 434 Å². The Morgan fingerprint density at radius 3 is 1.56 bits per heavy atom. The molecule has 0 bridgehead atoms. The topological polar surface area (TPSA) is 26.2 Å². The molecule has 0 saturated heterocycles. The summed E-state index contributed by atoms with van der Waals surface area (Å²) in [7, 11) is 0. The molecule has 0 spiro atoms. The van der Waals surface area contributed by atoms with E-state index >= 15 is 0 Å². The molecule has 0 N–H and O–H groups in total. The van der Waals surface area contributed by atoms with Gasteiger partial charge in [0.15, 0.2) is 0 Å². The molecule has 73 heavy (non-hydrogen) atoms. The van der Waals surface area contributed by atoms with E-state index in [1.165, 1.54) is 116 Å². The molecular weight excluding hydrogens is 886 g/mol. The summed E-state index contributed by atoms with van der Waals surface area (Å²) in [6, 6.07) is 47.6. The predicted molar refractivity (Wildman–Crippen MR) is 316 cm³/mol. The van der Waals surface area contributed by atoms with Crippen LogP contribution in [0, 0.1) is 0 Å². The predicted octanol–water partition coefficient (Wildman–Crippen LogP) is 17.8. The van der Waals surface area contributed by atoms with Crippen LogP contribution in [0.3, 0.4) is 0 Å². The van der Waals surface area contributed by atoms with E-state index in [0.29, 0.717) is 0 Å². The Bertz CT molecular complexity index is 3940. The van der Waals surface area contributed by atoms with E-state index in [1.807, 2.05) is 0 Å². The van der Waals surface area contributed by atoms with E-state index in [9.17, 15) is 0 Å². The molecule has 0 aliphatic carbocycles.